The van der Waals surface area contributed by atoms with Crippen molar-refractivity contribution in [2.45, 2.75) is 51.6 Å². The first-order valence-electron chi connectivity index (χ1n) is 6.83. The lowest BCUT2D eigenvalue weighted by Gasteiger charge is -2.35. The van der Waals surface area contributed by atoms with Gasteiger partial charge in [0.25, 0.3) is 0 Å². The van der Waals surface area contributed by atoms with Gasteiger partial charge in [-0.3, -0.25) is 0 Å². The van der Waals surface area contributed by atoms with Crippen LogP contribution in [0.15, 0.2) is 0 Å². The molecule has 0 aliphatic carbocycles. The third-order valence-corrected chi connectivity index (χ3v) is 4.32. The quantitative estimate of drug-likeness (QED) is 0.768. The molecule has 17 heavy (non-hydrogen) atoms. The minimum Gasteiger partial charge on any atom is -0.333 e. The Labute approximate surface area is 104 Å². The largest absolute Gasteiger partial charge is 0.333 e. The second kappa shape index (κ2) is 4.84. The number of likely N-dealkylation sites (tertiary alicyclic amines) is 1. The molecule has 2 saturated heterocycles. The molecule has 98 valence electrons. The summed E-state index contributed by atoms with van der Waals surface area (Å²) in [5, 5.41) is 6.54. The van der Waals surface area contributed by atoms with E-state index in [1.54, 1.807) is 0 Å². The van der Waals surface area contributed by atoms with E-state index in [0.717, 1.165) is 26.1 Å². The second-order valence-electron chi connectivity index (χ2n) is 5.97. The van der Waals surface area contributed by atoms with E-state index in [2.05, 4.69) is 31.4 Å². The van der Waals surface area contributed by atoms with E-state index in [-0.39, 0.29) is 11.6 Å². The number of rotatable bonds is 2. The molecular weight excluding hydrogens is 214 g/mol. The summed E-state index contributed by atoms with van der Waals surface area (Å²) in [6.07, 6.45) is 3.34. The molecule has 0 spiro atoms. The van der Waals surface area contributed by atoms with E-state index in [1.807, 2.05) is 4.90 Å². The number of carbonyl (C=O) groups excluding carboxylic acids is 1. The maximum absolute atomic E-state index is 12.3. The molecule has 0 bridgehead atoms. The average Bonchev–Trinajstić information content (AvgIpc) is 2.72. The smallest absolute Gasteiger partial charge is 0.318 e. The fourth-order valence-electron chi connectivity index (χ4n) is 2.77. The van der Waals surface area contributed by atoms with Crippen molar-refractivity contribution in [1.82, 2.24) is 15.5 Å². The van der Waals surface area contributed by atoms with Crippen molar-refractivity contribution in [2.24, 2.45) is 5.92 Å². The van der Waals surface area contributed by atoms with Crippen LogP contribution in [-0.2, 0) is 0 Å². The van der Waals surface area contributed by atoms with Crippen LogP contribution in [-0.4, -0.2) is 42.1 Å². The van der Waals surface area contributed by atoms with Gasteiger partial charge in [-0.2, -0.15) is 0 Å². The van der Waals surface area contributed by atoms with Gasteiger partial charge in [-0.25, -0.2) is 4.79 Å². The highest BCUT2D eigenvalue weighted by molar-refractivity contribution is 5.75. The van der Waals surface area contributed by atoms with E-state index < -0.39 is 0 Å². The number of fused-ring (bicyclic) bond motifs is 1. The van der Waals surface area contributed by atoms with Crippen LogP contribution in [0.2, 0.25) is 0 Å². The van der Waals surface area contributed by atoms with Crippen molar-refractivity contribution in [3.8, 4) is 0 Å². The summed E-state index contributed by atoms with van der Waals surface area (Å²) in [6, 6.07) is 0.532. The zero-order valence-corrected chi connectivity index (χ0v) is 11.3. The first kappa shape index (κ1) is 12.7. The van der Waals surface area contributed by atoms with Gasteiger partial charge in [-0.1, -0.05) is 6.92 Å². The van der Waals surface area contributed by atoms with E-state index >= 15 is 0 Å². The van der Waals surface area contributed by atoms with Crippen molar-refractivity contribution in [2.75, 3.05) is 19.6 Å². The number of amides is 2. The molecule has 0 aromatic carbocycles. The molecule has 2 amide bonds. The molecule has 0 radical (unpaired) electrons. The monoisotopic (exact) mass is 239 g/mol. The molecule has 0 unspecified atom stereocenters. The molecule has 2 fully saturated rings. The zero-order valence-electron chi connectivity index (χ0n) is 11.3. The maximum atomic E-state index is 12.3. The normalized spacial score (nSPS) is 29.0. The predicted molar refractivity (Wildman–Crippen MR) is 69.0 cm³/mol. The molecule has 2 heterocycles. The lowest BCUT2D eigenvalue weighted by atomic mass is 9.93. The van der Waals surface area contributed by atoms with Gasteiger partial charge < -0.3 is 15.5 Å². The zero-order chi connectivity index (χ0) is 12.5. The number of nitrogens with zero attached hydrogens (tertiary/aromatic N) is 1. The highest BCUT2D eigenvalue weighted by Crippen LogP contribution is 2.29. The minimum absolute atomic E-state index is 0.0999. The van der Waals surface area contributed by atoms with Crippen molar-refractivity contribution in [1.29, 1.82) is 0 Å². The Morgan fingerprint density at radius 2 is 2.24 bits per heavy atom. The Morgan fingerprint density at radius 3 is 2.94 bits per heavy atom. The Morgan fingerprint density at radius 1 is 1.47 bits per heavy atom. The topological polar surface area (TPSA) is 44.4 Å². The lowest BCUT2D eigenvalue weighted by molar-refractivity contribution is 0.165. The summed E-state index contributed by atoms with van der Waals surface area (Å²) >= 11 is 0. The standard InChI is InChI=1S/C13H25N3O/c1-4-13(2,3)15-12(17)16-8-6-10-5-7-14-9-11(10)16/h10-11,14H,4-9H2,1-3H3,(H,15,17)/t10-,11-/m0/s1. The highest BCUT2D eigenvalue weighted by Gasteiger charge is 2.39. The Bertz CT molecular complexity index is 290. The number of carbonyl (C=O) groups is 1. The van der Waals surface area contributed by atoms with Gasteiger partial charge >= 0.3 is 6.03 Å². The maximum Gasteiger partial charge on any atom is 0.318 e. The van der Waals surface area contributed by atoms with Crippen molar-refractivity contribution < 1.29 is 4.79 Å². The van der Waals surface area contributed by atoms with Crippen molar-refractivity contribution >= 4 is 6.03 Å². The summed E-state index contributed by atoms with van der Waals surface area (Å²) in [4.78, 5) is 14.3. The third kappa shape index (κ3) is 2.73. The summed E-state index contributed by atoms with van der Waals surface area (Å²) in [6.45, 7) is 9.26. The van der Waals surface area contributed by atoms with Gasteiger partial charge in [0, 0.05) is 24.7 Å². The van der Waals surface area contributed by atoms with Gasteiger partial charge in [0.2, 0.25) is 0 Å². The predicted octanol–water partition coefficient (Wildman–Crippen LogP) is 1.57. The molecule has 4 heteroatoms. The van der Waals surface area contributed by atoms with Crippen LogP contribution < -0.4 is 10.6 Å². The Balaban J connectivity index is 1.96. The van der Waals surface area contributed by atoms with E-state index in [1.165, 1.54) is 12.8 Å². The number of nitrogens with one attached hydrogen (secondary N) is 2. The summed E-state index contributed by atoms with van der Waals surface area (Å²) < 4.78 is 0. The SMILES string of the molecule is CCC(C)(C)NC(=O)N1CC[C@@H]2CCNC[C@@H]21. The number of hydrogen-bond acceptors (Lipinski definition) is 2. The van der Waals surface area contributed by atoms with E-state index in [4.69, 9.17) is 0 Å². The minimum atomic E-state index is -0.0999. The average molecular weight is 239 g/mol. The third-order valence-electron chi connectivity index (χ3n) is 4.32. The van der Waals surface area contributed by atoms with Crippen LogP contribution in [0.25, 0.3) is 0 Å². The molecule has 0 aromatic heterocycles. The van der Waals surface area contributed by atoms with Crippen LogP contribution in [0, 0.1) is 5.92 Å². The molecule has 0 saturated carbocycles. The van der Waals surface area contributed by atoms with Crippen LogP contribution in [0.5, 0.6) is 0 Å². The molecule has 4 nitrogen and oxygen atoms in total. The van der Waals surface area contributed by atoms with Gasteiger partial charge in [0.05, 0.1) is 0 Å². The fourth-order valence-corrected chi connectivity index (χ4v) is 2.77. The van der Waals surface area contributed by atoms with Crippen molar-refractivity contribution in [3.63, 3.8) is 0 Å². The Kier molecular flexibility index (Phi) is 3.61. The summed E-state index contributed by atoms with van der Waals surface area (Å²) in [5.41, 5.74) is -0.0999. The van der Waals surface area contributed by atoms with Crippen LogP contribution in [0.4, 0.5) is 4.79 Å². The fraction of sp³-hybridized carbons (Fsp3) is 0.923. The van der Waals surface area contributed by atoms with Gasteiger partial charge in [0.1, 0.15) is 0 Å². The second-order valence-corrected chi connectivity index (χ2v) is 5.97. The van der Waals surface area contributed by atoms with Crippen LogP contribution in [0.1, 0.15) is 40.0 Å². The van der Waals surface area contributed by atoms with Crippen LogP contribution in [0.3, 0.4) is 0 Å². The number of piperidine rings is 1. The molecule has 2 rings (SSSR count). The molecule has 2 aliphatic rings. The molecule has 2 N–H and O–H groups in total. The van der Waals surface area contributed by atoms with Crippen molar-refractivity contribution in [3.05, 3.63) is 0 Å². The Hall–Kier alpha value is -0.770. The first-order valence-corrected chi connectivity index (χ1v) is 6.83. The molecule has 2 aliphatic heterocycles. The summed E-state index contributed by atoms with van der Waals surface area (Å²) in [7, 11) is 0. The molecular formula is C13H25N3O. The lowest BCUT2D eigenvalue weighted by Crippen LogP contribution is -2.55. The molecule has 0 aromatic rings. The number of hydrogen-bond donors (Lipinski definition) is 2. The van der Waals surface area contributed by atoms with Gasteiger partial charge in [-0.05, 0) is 45.6 Å². The molecule has 2 atom stereocenters. The highest BCUT2D eigenvalue weighted by atomic mass is 16.2. The van der Waals surface area contributed by atoms with Gasteiger partial charge in [-0.15, -0.1) is 0 Å². The van der Waals surface area contributed by atoms with Crippen LogP contribution >= 0.6 is 0 Å². The number of urea groups is 1. The van der Waals surface area contributed by atoms with Gasteiger partial charge in [0.15, 0.2) is 0 Å². The van der Waals surface area contributed by atoms with E-state index in [0.29, 0.717) is 12.0 Å². The first-order chi connectivity index (χ1) is 8.03. The summed E-state index contributed by atoms with van der Waals surface area (Å²) in [5.74, 6) is 0.715. The van der Waals surface area contributed by atoms with E-state index in [9.17, 15) is 4.79 Å².